The Labute approximate surface area is 100 Å². The van der Waals surface area contributed by atoms with E-state index in [0.717, 1.165) is 22.8 Å². The molecule has 2 heterocycles. The predicted octanol–water partition coefficient (Wildman–Crippen LogP) is 2.10. The van der Waals surface area contributed by atoms with Gasteiger partial charge in [0.25, 0.3) is 0 Å². The summed E-state index contributed by atoms with van der Waals surface area (Å²) in [6.45, 7) is 4.22. The summed E-state index contributed by atoms with van der Waals surface area (Å²) in [6, 6.07) is 0. The van der Waals surface area contributed by atoms with E-state index in [-0.39, 0.29) is 0 Å². The number of aromatic nitrogens is 4. The molecule has 0 fully saturated rings. The quantitative estimate of drug-likeness (QED) is 0.873. The van der Waals surface area contributed by atoms with E-state index in [1.165, 1.54) is 0 Å². The molecule has 0 amide bonds. The monoisotopic (exact) mass is 229 g/mol. The second-order valence-electron chi connectivity index (χ2n) is 3.98. The normalized spacial score (nSPS) is 10.6. The zero-order valence-corrected chi connectivity index (χ0v) is 10.2. The van der Waals surface area contributed by atoms with Gasteiger partial charge in [0, 0.05) is 25.0 Å². The first-order valence-corrected chi connectivity index (χ1v) is 5.53. The number of nitrogens with zero attached hydrogens (tertiary/aromatic N) is 4. The summed E-state index contributed by atoms with van der Waals surface area (Å²) >= 11 is 0. The molecule has 0 spiro atoms. The molecule has 0 saturated heterocycles. The highest BCUT2D eigenvalue weighted by Gasteiger charge is 2.16. The molecule has 0 saturated carbocycles. The van der Waals surface area contributed by atoms with Gasteiger partial charge in [0.15, 0.2) is 0 Å². The van der Waals surface area contributed by atoms with Crippen molar-refractivity contribution in [1.82, 2.24) is 19.9 Å². The van der Waals surface area contributed by atoms with Crippen molar-refractivity contribution in [3.05, 3.63) is 30.5 Å². The molecule has 5 heteroatoms. The highest BCUT2D eigenvalue weighted by atomic mass is 15.0. The lowest BCUT2D eigenvalue weighted by atomic mass is 10.0. The third-order valence-electron chi connectivity index (χ3n) is 2.50. The topological polar surface area (TPSA) is 63.6 Å². The fourth-order valence-electron chi connectivity index (χ4n) is 1.77. The van der Waals surface area contributed by atoms with Gasteiger partial charge >= 0.3 is 0 Å². The Morgan fingerprint density at radius 2 is 1.94 bits per heavy atom. The Morgan fingerprint density at radius 3 is 2.53 bits per heavy atom. The van der Waals surface area contributed by atoms with Crippen LogP contribution in [-0.4, -0.2) is 27.0 Å². The van der Waals surface area contributed by atoms with Gasteiger partial charge in [0.05, 0.1) is 11.9 Å². The maximum Gasteiger partial charge on any atom is 0.133 e. The van der Waals surface area contributed by atoms with Gasteiger partial charge in [-0.2, -0.15) is 0 Å². The van der Waals surface area contributed by atoms with Crippen LogP contribution in [-0.2, 0) is 0 Å². The van der Waals surface area contributed by atoms with Gasteiger partial charge in [0.2, 0.25) is 0 Å². The molecule has 2 rings (SSSR count). The third-order valence-corrected chi connectivity index (χ3v) is 2.50. The maximum absolute atomic E-state index is 4.33. The van der Waals surface area contributed by atoms with Crippen LogP contribution in [0.1, 0.15) is 25.3 Å². The van der Waals surface area contributed by atoms with Gasteiger partial charge in [-0.3, -0.25) is 9.97 Å². The van der Waals surface area contributed by atoms with E-state index >= 15 is 0 Å². The standard InChI is InChI=1S/C12H15N5/c1-8(2)10-11(9-6-14-4-5-15-9)16-7-17-12(10)13-3/h4-8H,1-3H3,(H,13,16,17). The molecule has 0 atom stereocenters. The minimum Gasteiger partial charge on any atom is -0.373 e. The summed E-state index contributed by atoms with van der Waals surface area (Å²) in [5, 5.41) is 3.09. The maximum atomic E-state index is 4.33. The van der Waals surface area contributed by atoms with Crippen LogP contribution >= 0.6 is 0 Å². The molecule has 17 heavy (non-hydrogen) atoms. The van der Waals surface area contributed by atoms with E-state index in [4.69, 9.17) is 0 Å². The zero-order valence-electron chi connectivity index (χ0n) is 10.2. The Balaban J connectivity index is 2.62. The van der Waals surface area contributed by atoms with Crippen LogP contribution in [0.2, 0.25) is 0 Å². The minimum atomic E-state index is 0.315. The van der Waals surface area contributed by atoms with Crippen LogP contribution in [0.25, 0.3) is 11.4 Å². The van der Waals surface area contributed by atoms with Crippen LogP contribution in [0.4, 0.5) is 5.82 Å². The Bertz CT molecular complexity index is 496. The van der Waals surface area contributed by atoms with Crippen LogP contribution in [0.5, 0.6) is 0 Å². The molecular formula is C12H15N5. The van der Waals surface area contributed by atoms with Gasteiger partial charge in [0.1, 0.15) is 17.8 Å². The molecule has 0 bridgehead atoms. The summed E-state index contributed by atoms with van der Waals surface area (Å²) < 4.78 is 0. The van der Waals surface area contributed by atoms with Crippen molar-refractivity contribution in [3.8, 4) is 11.4 Å². The van der Waals surface area contributed by atoms with Crippen LogP contribution in [0.3, 0.4) is 0 Å². The summed E-state index contributed by atoms with van der Waals surface area (Å²) in [7, 11) is 1.86. The molecule has 0 aliphatic carbocycles. The van der Waals surface area contributed by atoms with E-state index in [1.807, 2.05) is 7.05 Å². The molecular weight excluding hydrogens is 214 g/mol. The summed E-state index contributed by atoms with van der Waals surface area (Å²) in [5.74, 6) is 1.16. The highest BCUT2D eigenvalue weighted by Crippen LogP contribution is 2.29. The first-order valence-electron chi connectivity index (χ1n) is 5.53. The lowest BCUT2D eigenvalue weighted by molar-refractivity contribution is 0.850. The van der Waals surface area contributed by atoms with Crippen LogP contribution < -0.4 is 5.32 Å². The smallest absolute Gasteiger partial charge is 0.133 e. The summed E-state index contributed by atoms with van der Waals surface area (Å²) in [4.78, 5) is 16.9. The number of nitrogens with one attached hydrogen (secondary N) is 1. The van der Waals surface area contributed by atoms with Crippen molar-refractivity contribution in [1.29, 1.82) is 0 Å². The molecule has 1 N–H and O–H groups in total. The van der Waals surface area contributed by atoms with Crippen molar-refractivity contribution in [3.63, 3.8) is 0 Å². The molecule has 0 radical (unpaired) electrons. The molecule has 2 aromatic heterocycles. The average molecular weight is 229 g/mol. The van der Waals surface area contributed by atoms with E-state index in [1.54, 1.807) is 24.9 Å². The van der Waals surface area contributed by atoms with Crippen molar-refractivity contribution in [2.75, 3.05) is 12.4 Å². The highest BCUT2D eigenvalue weighted by molar-refractivity contribution is 5.65. The Morgan fingerprint density at radius 1 is 1.12 bits per heavy atom. The lowest BCUT2D eigenvalue weighted by Gasteiger charge is -2.14. The van der Waals surface area contributed by atoms with E-state index in [9.17, 15) is 0 Å². The summed E-state index contributed by atoms with van der Waals surface area (Å²) in [5.41, 5.74) is 2.68. The second kappa shape index (κ2) is 4.86. The average Bonchev–Trinajstić information content (AvgIpc) is 2.38. The van der Waals surface area contributed by atoms with Crippen molar-refractivity contribution in [2.45, 2.75) is 19.8 Å². The molecule has 0 unspecified atom stereocenters. The van der Waals surface area contributed by atoms with Gasteiger partial charge in [-0.15, -0.1) is 0 Å². The van der Waals surface area contributed by atoms with E-state index in [2.05, 4.69) is 39.1 Å². The van der Waals surface area contributed by atoms with E-state index in [0.29, 0.717) is 5.92 Å². The first kappa shape index (κ1) is 11.4. The first-order chi connectivity index (χ1) is 8.24. The fourth-order valence-corrected chi connectivity index (χ4v) is 1.77. The molecule has 0 aliphatic rings. The zero-order chi connectivity index (χ0) is 12.3. The van der Waals surface area contributed by atoms with E-state index < -0.39 is 0 Å². The molecule has 5 nitrogen and oxygen atoms in total. The molecule has 0 aromatic carbocycles. The van der Waals surface area contributed by atoms with Crippen molar-refractivity contribution < 1.29 is 0 Å². The second-order valence-corrected chi connectivity index (χ2v) is 3.98. The number of rotatable bonds is 3. The van der Waals surface area contributed by atoms with Gasteiger partial charge < -0.3 is 5.32 Å². The fraction of sp³-hybridized carbons (Fsp3) is 0.333. The van der Waals surface area contributed by atoms with Crippen molar-refractivity contribution in [2.24, 2.45) is 0 Å². The predicted molar refractivity (Wildman–Crippen MR) is 66.7 cm³/mol. The van der Waals surface area contributed by atoms with Gasteiger partial charge in [-0.1, -0.05) is 13.8 Å². The Hall–Kier alpha value is -2.04. The van der Waals surface area contributed by atoms with Crippen LogP contribution in [0, 0.1) is 0 Å². The lowest BCUT2D eigenvalue weighted by Crippen LogP contribution is -2.05. The van der Waals surface area contributed by atoms with Gasteiger partial charge in [-0.25, -0.2) is 9.97 Å². The number of hydrogen-bond acceptors (Lipinski definition) is 5. The summed E-state index contributed by atoms with van der Waals surface area (Å²) in [6.07, 6.45) is 6.58. The van der Waals surface area contributed by atoms with Crippen LogP contribution in [0.15, 0.2) is 24.9 Å². The van der Waals surface area contributed by atoms with Gasteiger partial charge in [-0.05, 0) is 5.92 Å². The number of anilines is 1. The third kappa shape index (κ3) is 2.22. The Kier molecular flexibility index (Phi) is 3.27. The SMILES string of the molecule is CNc1ncnc(-c2cnccn2)c1C(C)C. The number of hydrogen-bond donors (Lipinski definition) is 1. The molecule has 0 aliphatic heterocycles. The molecule has 88 valence electrons. The molecule has 2 aromatic rings. The van der Waals surface area contributed by atoms with Crippen molar-refractivity contribution >= 4 is 5.82 Å². The minimum absolute atomic E-state index is 0.315. The largest absolute Gasteiger partial charge is 0.373 e.